The van der Waals surface area contributed by atoms with Gasteiger partial charge in [-0.25, -0.2) is 0 Å². The second kappa shape index (κ2) is 4.82. The first-order valence-electron chi connectivity index (χ1n) is 5.37. The molecule has 1 aliphatic rings. The number of rotatable bonds is 3. The third kappa shape index (κ3) is 2.52. The van der Waals surface area contributed by atoms with Crippen LogP contribution in [0.25, 0.3) is 0 Å². The first kappa shape index (κ1) is 11.4. The average Bonchev–Trinajstić information content (AvgIpc) is 2.73. The molecule has 0 spiro atoms. The molecule has 0 aliphatic heterocycles. The van der Waals surface area contributed by atoms with E-state index in [9.17, 15) is 10.1 Å². The molecule has 16 heavy (non-hydrogen) atoms. The number of nitrogens with zero attached hydrogens (tertiary/aromatic N) is 1. The largest absolute Gasteiger partial charge is 0.377 e. The van der Waals surface area contributed by atoms with Crippen molar-refractivity contribution < 1.29 is 4.92 Å². The average molecular weight is 285 g/mol. The summed E-state index contributed by atoms with van der Waals surface area (Å²) in [5.41, 5.74) is 0.765. The Morgan fingerprint density at radius 1 is 1.38 bits per heavy atom. The lowest BCUT2D eigenvalue weighted by Gasteiger charge is -2.13. The number of benzene rings is 1. The van der Waals surface area contributed by atoms with E-state index in [2.05, 4.69) is 21.2 Å². The van der Waals surface area contributed by atoms with Gasteiger partial charge >= 0.3 is 0 Å². The van der Waals surface area contributed by atoms with Crippen molar-refractivity contribution in [1.82, 2.24) is 0 Å². The van der Waals surface area contributed by atoms with Gasteiger partial charge in [0.2, 0.25) is 0 Å². The molecule has 0 bridgehead atoms. The zero-order chi connectivity index (χ0) is 11.5. The number of nitro groups is 1. The zero-order valence-electron chi connectivity index (χ0n) is 8.78. The molecule has 0 amide bonds. The molecule has 0 saturated heterocycles. The van der Waals surface area contributed by atoms with Crippen molar-refractivity contribution >= 4 is 27.3 Å². The van der Waals surface area contributed by atoms with Crippen LogP contribution >= 0.6 is 15.9 Å². The molecule has 0 atom stereocenters. The number of nitrogens with one attached hydrogen (secondary N) is 1. The van der Waals surface area contributed by atoms with Crippen LogP contribution in [0.2, 0.25) is 0 Å². The van der Waals surface area contributed by atoms with Crippen molar-refractivity contribution in [1.29, 1.82) is 0 Å². The number of hydrogen-bond donors (Lipinski definition) is 1. The highest BCUT2D eigenvalue weighted by atomic mass is 79.9. The van der Waals surface area contributed by atoms with E-state index in [0.29, 0.717) is 11.7 Å². The summed E-state index contributed by atoms with van der Waals surface area (Å²) in [4.78, 5) is 10.5. The number of halogens is 1. The summed E-state index contributed by atoms with van der Waals surface area (Å²) in [5, 5.41) is 14.1. The third-order valence-corrected chi connectivity index (χ3v) is 3.36. The van der Waals surface area contributed by atoms with Crippen LogP contribution in [0.1, 0.15) is 25.7 Å². The monoisotopic (exact) mass is 284 g/mol. The van der Waals surface area contributed by atoms with Crippen LogP contribution in [0, 0.1) is 10.1 Å². The Morgan fingerprint density at radius 2 is 2.06 bits per heavy atom. The molecular weight excluding hydrogens is 272 g/mol. The maximum Gasteiger partial charge on any atom is 0.293 e. The van der Waals surface area contributed by atoms with Gasteiger partial charge in [0.1, 0.15) is 5.69 Å². The lowest BCUT2D eigenvalue weighted by Crippen LogP contribution is -2.15. The first-order chi connectivity index (χ1) is 7.66. The van der Waals surface area contributed by atoms with E-state index in [1.165, 1.54) is 18.9 Å². The molecule has 1 aromatic rings. The summed E-state index contributed by atoms with van der Waals surface area (Å²) in [6, 6.07) is 5.52. The molecule has 1 N–H and O–H groups in total. The minimum atomic E-state index is -0.345. The van der Waals surface area contributed by atoms with Crippen LogP contribution < -0.4 is 5.32 Å². The van der Waals surface area contributed by atoms with Gasteiger partial charge in [0.25, 0.3) is 5.69 Å². The van der Waals surface area contributed by atoms with Crippen molar-refractivity contribution in [3.63, 3.8) is 0 Å². The van der Waals surface area contributed by atoms with Crippen LogP contribution in [-0.4, -0.2) is 11.0 Å². The van der Waals surface area contributed by atoms with Crippen molar-refractivity contribution in [2.45, 2.75) is 31.7 Å². The van der Waals surface area contributed by atoms with E-state index in [1.54, 1.807) is 6.07 Å². The van der Waals surface area contributed by atoms with Gasteiger partial charge in [0, 0.05) is 16.6 Å². The third-order valence-electron chi connectivity index (χ3n) is 2.87. The first-order valence-corrected chi connectivity index (χ1v) is 6.16. The van der Waals surface area contributed by atoms with E-state index in [4.69, 9.17) is 0 Å². The van der Waals surface area contributed by atoms with Gasteiger partial charge in [-0.3, -0.25) is 10.1 Å². The fourth-order valence-electron chi connectivity index (χ4n) is 2.07. The number of hydrogen-bond acceptors (Lipinski definition) is 3. The lowest BCUT2D eigenvalue weighted by molar-refractivity contribution is -0.384. The van der Waals surface area contributed by atoms with Gasteiger partial charge in [0.15, 0.2) is 0 Å². The lowest BCUT2D eigenvalue weighted by atomic mass is 10.2. The molecular formula is C11H13BrN2O2. The summed E-state index contributed by atoms with van der Waals surface area (Å²) < 4.78 is 0.733. The Balaban J connectivity index is 2.21. The summed E-state index contributed by atoms with van der Waals surface area (Å²) in [5.74, 6) is 0. The molecule has 1 fully saturated rings. The highest BCUT2D eigenvalue weighted by Gasteiger charge is 2.19. The van der Waals surface area contributed by atoms with Gasteiger partial charge < -0.3 is 5.32 Å². The van der Waals surface area contributed by atoms with Crippen LogP contribution in [0.15, 0.2) is 22.7 Å². The van der Waals surface area contributed by atoms with E-state index >= 15 is 0 Å². The molecule has 0 radical (unpaired) electrons. The highest BCUT2D eigenvalue weighted by Crippen LogP contribution is 2.31. The Bertz CT molecular complexity index is 403. The second-order valence-electron chi connectivity index (χ2n) is 4.04. The van der Waals surface area contributed by atoms with Crippen molar-refractivity contribution in [2.24, 2.45) is 0 Å². The summed E-state index contributed by atoms with van der Waals surface area (Å²) in [7, 11) is 0. The highest BCUT2D eigenvalue weighted by molar-refractivity contribution is 9.10. The standard InChI is InChI=1S/C11H13BrN2O2/c12-8-5-6-10(11(7-8)14(15)16)13-9-3-1-2-4-9/h5-7,9,13H,1-4H2. The Hall–Kier alpha value is -1.10. The Labute approximate surface area is 102 Å². The fourth-order valence-corrected chi connectivity index (χ4v) is 2.42. The molecule has 0 aromatic heterocycles. The number of anilines is 1. The molecule has 2 rings (SSSR count). The minimum absolute atomic E-state index is 0.140. The molecule has 86 valence electrons. The van der Waals surface area contributed by atoms with E-state index < -0.39 is 0 Å². The quantitative estimate of drug-likeness (QED) is 0.680. The maximum absolute atomic E-state index is 10.9. The van der Waals surface area contributed by atoms with Gasteiger partial charge in [-0.1, -0.05) is 28.8 Å². The second-order valence-corrected chi connectivity index (χ2v) is 4.96. The van der Waals surface area contributed by atoms with Gasteiger partial charge in [0.05, 0.1) is 4.92 Å². The van der Waals surface area contributed by atoms with E-state index in [-0.39, 0.29) is 10.6 Å². The minimum Gasteiger partial charge on any atom is -0.377 e. The predicted molar refractivity (Wildman–Crippen MR) is 66.7 cm³/mol. The Morgan fingerprint density at radius 3 is 2.69 bits per heavy atom. The maximum atomic E-state index is 10.9. The molecule has 1 aliphatic carbocycles. The fraction of sp³-hybridized carbons (Fsp3) is 0.455. The zero-order valence-corrected chi connectivity index (χ0v) is 10.4. The van der Waals surface area contributed by atoms with Gasteiger partial charge in [-0.05, 0) is 25.0 Å². The van der Waals surface area contributed by atoms with Gasteiger partial charge in [-0.15, -0.1) is 0 Å². The van der Waals surface area contributed by atoms with E-state index in [0.717, 1.165) is 17.3 Å². The van der Waals surface area contributed by atoms with Crippen LogP contribution in [0.3, 0.4) is 0 Å². The molecule has 0 heterocycles. The molecule has 4 nitrogen and oxygen atoms in total. The smallest absolute Gasteiger partial charge is 0.293 e. The molecule has 5 heteroatoms. The van der Waals surface area contributed by atoms with Crippen LogP contribution in [-0.2, 0) is 0 Å². The SMILES string of the molecule is O=[N+]([O-])c1cc(Br)ccc1NC1CCCC1. The van der Waals surface area contributed by atoms with Crippen molar-refractivity contribution in [2.75, 3.05) is 5.32 Å². The Kier molecular flexibility index (Phi) is 3.43. The van der Waals surface area contributed by atoms with Crippen LogP contribution in [0.4, 0.5) is 11.4 Å². The summed E-state index contributed by atoms with van der Waals surface area (Å²) >= 11 is 3.25. The van der Waals surface area contributed by atoms with Crippen molar-refractivity contribution in [3.8, 4) is 0 Å². The normalized spacial score (nSPS) is 16.3. The topological polar surface area (TPSA) is 55.2 Å². The predicted octanol–water partition coefficient (Wildman–Crippen LogP) is 3.71. The summed E-state index contributed by atoms with van der Waals surface area (Å²) in [6.07, 6.45) is 4.63. The molecule has 1 aromatic carbocycles. The van der Waals surface area contributed by atoms with E-state index in [1.807, 2.05) is 6.07 Å². The van der Waals surface area contributed by atoms with Crippen LogP contribution in [0.5, 0.6) is 0 Å². The molecule has 1 saturated carbocycles. The molecule has 0 unspecified atom stereocenters. The van der Waals surface area contributed by atoms with Crippen molar-refractivity contribution in [3.05, 3.63) is 32.8 Å². The number of nitro benzene ring substituents is 1. The summed E-state index contributed by atoms with van der Waals surface area (Å²) in [6.45, 7) is 0. The van der Waals surface area contributed by atoms with Gasteiger partial charge in [-0.2, -0.15) is 0 Å².